The van der Waals surface area contributed by atoms with E-state index in [0.717, 1.165) is 29.2 Å². The third-order valence-corrected chi connectivity index (χ3v) is 3.32. The Morgan fingerprint density at radius 3 is 2.53 bits per heavy atom. The number of pyridine rings is 1. The van der Waals surface area contributed by atoms with Crippen LogP contribution in [0.1, 0.15) is 36.8 Å². The molecule has 0 radical (unpaired) electrons. The molecule has 2 unspecified atom stereocenters. The van der Waals surface area contributed by atoms with Gasteiger partial charge in [0.05, 0.1) is 5.38 Å². The van der Waals surface area contributed by atoms with Gasteiger partial charge in [-0.25, -0.2) is 9.97 Å². The summed E-state index contributed by atoms with van der Waals surface area (Å²) < 4.78 is 2.17. The SMILES string of the molecule is Cc1ccc2nc(C(C)Cl)n(C(C)CN(C)C)c2n1. The molecule has 0 aliphatic heterocycles. The van der Waals surface area contributed by atoms with Crippen molar-refractivity contribution in [2.45, 2.75) is 32.2 Å². The quantitative estimate of drug-likeness (QED) is 0.807. The first-order valence-corrected chi connectivity index (χ1v) is 6.98. The van der Waals surface area contributed by atoms with Crippen molar-refractivity contribution < 1.29 is 0 Å². The van der Waals surface area contributed by atoms with Gasteiger partial charge in [-0.05, 0) is 47.0 Å². The Morgan fingerprint density at radius 1 is 1.26 bits per heavy atom. The van der Waals surface area contributed by atoms with E-state index in [2.05, 4.69) is 40.5 Å². The van der Waals surface area contributed by atoms with Crippen LogP contribution in [0.5, 0.6) is 0 Å². The molecule has 0 saturated heterocycles. The molecule has 0 aliphatic carbocycles. The van der Waals surface area contributed by atoms with Crippen LogP contribution in [0.2, 0.25) is 0 Å². The van der Waals surface area contributed by atoms with Gasteiger partial charge in [0.25, 0.3) is 0 Å². The van der Waals surface area contributed by atoms with Crippen molar-refractivity contribution in [3.05, 3.63) is 23.7 Å². The number of halogens is 1. The molecule has 0 saturated carbocycles. The molecule has 104 valence electrons. The summed E-state index contributed by atoms with van der Waals surface area (Å²) in [5.74, 6) is 0.893. The van der Waals surface area contributed by atoms with Crippen LogP contribution in [-0.4, -0.2) is 40.1 Å². The highest BCUT2D eigenvalue weighted by Crippen LogP contribution is 2.27. The second-order valence-electron chi connectivity index (χ2n) is 5.36. The number of hydrogen-bond acceptors (Lipinski definition) is 3. The van der Waals surface area contributed by atoms with Crippen LogP contribution in [0.25, 0.3) is 11.2 Å². The zero-order valence-electron chi connectivity index (χ0n) is 12.2. The molecule has 0 amide bonds. The van der Waals surface area contributed by atoms with Crippen molar-refractivity contribution in [1.29, 1.82) is 0 Å². The van der Waals surface area contributed by atoms with Gasteiger partial charge in [-0.1, -0.05) is 0 Å². The molecule has 0 aromatic carbocycles. The first-order valence-electron chi connectivity index (χ1n) is 6.54. The Hall–Kier alpha value is -1.13. The smallest absolute Gasteiger partial charge is 0.160 e. The number of rotatable bonds is 4. The lowest BCUT2D eigenvalue weighted by Gasteiger charge is -2.21. The summed E-state index contributed by atoms with van der Waals surface area (Å²) >= 11 is 6.28. The highest BCUT2D eigenvalue weighted by atomic mass is 35.5. The highest BCUT2D eigenvalue weighted by molar-refractivity contribution is 6.20. The number of aromatic nitrogens is 3. The molecule has 2 atom stereocenters. The lowest BCUT2D eigenvalue weighted by atomic mass is 10.3. The van der Waals surface area contributed by atoms with Crippen molar-refractivity contribution in [1.82, 2.24) is 19.4 Å². The molecular formula is C14H21ClN4. The van der Waals surface area contributed by atoms with Gasteiger partial charge in [-0.3, -0.25) is 0 Å². The van der Waals surface area contributed by atoms with Gasteiger partial charge in [0.15, 0.2) is 5.65 Å². The zero-order valence-corrected chi connectivity index (χ0v) is 12.9. The average Bonchev–Trinajstić information content (AvgIpc) is 2.66. The monoisotopic (exact) mass is 280 g/mol. The number of likely N-dealkylation sites (N-methyl/N-ethyl adjacent to an activating group) is 1. The van der Waals surface area contributed by atoms with Gasteiger partial charge in [-0.15, -0.1) is 11.6 Å². The summed E-state index contributed by atoms with van der Waals surface area (Å²) in [5, 5.41) is -0.126. The Labute approximate surface area is 119 Å². The van der Waals surface area contributed by atoms with E-state index < -0.39 is 0 Å². The topological polar surface area (TPSA) is 34.0 Å². The molecule has 2 rings (SSSR count). The van der Waals surface area contributed by atoms with Crippen LogP contribution < -0.4 is 0 Å². The zero-order chi connectivity index (χ0) is 14.2. The van der Waals surface area contributed by atoms with Crippen molar-refractivity contribution >= 4 is 22.8 Å². The largest absolute Gasteiger partial charge is 0.307 e. The molecule has 0 spiro atoms. The Kier molecular flexibility index (Phi) is 4.11. The molecule has 2 aromatic rings. The molecule has 5 heteroatoms. The lowest BCUT2D eigenvalue weighted by molar-refractivity contribution is 0.336. The third-order valence-electron chi connectivity index (χ3n) is 3.13. The molecular weight excluding hydrogens is 260 g/mol. The molecule has 4 nitrogen and oxygen atoms in total. The minimum absolute atomic E-state index is 0.126. The fraction of sp³-hybridized carbons (Fsp3) is 0.571. The Bertz CT molecular complexity index is 574. The molecule has 0 fully saturated rings. The van der Waals surface area contributed by atoms with Crippen molar-refractivity contribution in [2.24, 2.45) is 0 Å². The van der Waals surface area contributed by atoms with Crippen LogP contribution in [0.3, 0.4) is 0 Å². The van der Waals surface area contributed by atoms with E-state index in [1.807, 2.05) is 26.0 Å². The van der Waals surface area contributed by atoms with Crippen LogP contribution >= 0.6 is 11.6 Å². The van der Waals surface area contributed by atoms with Crippen LogP contribution in [-0.2, 0) is 0 Å². The maximum Gasteiger partial charge on any atom is 0.160 e. The van der Waals surface area contributed by atoms with Gasteiger partial charge >= 0.3 is 0 Å². The molecule has 0 N–H and O–H groups in total. The van der Waals surface area contributed by atoms with Crippen LogP contribution in [0, 0.1) is 6.92 Å². The maximum absolute atomic E-state index is 6.28. The van der Waals surface area contributed by atoms with Gasteiger partial charge in [0.1, 0.15) is 11.3 Å². The van der Waals surface area contributed by atoms with Crippen LogP contribution in [0.4, 0.5) is 0 Å². The van der Waals surface area contributed by atoms with Crippen molar-refractivity contribution in [2.75, 3.05) is 20.6 Å². The molecule has 19 heavy (non-hydrogen) atoms. The van der Waals surface area contributed by atoms with Crippen LogP contribution in [0.15, 0.2) is 12.1 Å². The Morgan fingerprint density at radius 2 is 1.95 bits per heavy atom. The fourth-order valence-electron chi connectivity index (χ4n) is 2.41. The summed E-state index contributed by atoms with van der Waals surface area (Å²) in [6.07, 6.45) is 0. The van der Waals surface area contributed by atoms with E-state index in [1.54, 1.807) is 0 Å². The fourth-order valence-corrected chi connectivity index (χ4v) is 2.57. The van der Waals surface area contributed by atoms with E-state index in [4.69, 9.17) is 11.6 Å². The van der Waals surface area contributed by atoms with E-state index in [9.17, 15) is 0 Å². The first kappa shape index (κ1) is 14.3. The Balaban J connectivity index is 2.59. The standard InChI is InChI=1S/C14H21ClN4/c1-9-6-7-12-14(16-9)19(10(2)8-18(4)5)13(17-12)11(3)15/h6-7,10-11H,8H2,1-5H3. The number of alkyl halides is 1. The first-order chi connectivity index (χ1) is 8.90. The molecule has 0 bridgehead atoms. The number of aryl methyl sites for hydroxylation is 1. The predicted molar refractivity (Wildman–Crippen MR) is 79.8 cm³/mol. The second-order valence-corrected chi connectivity index (χ2v) is 6.02. The number of hydrogen-bond donors (Lipinski definition) is 0. The lowest BCUT2D eigenvalue weighted by Crippen LogP contribution is -2.24. The average molecular weight is 281 g/mol. The second kappa shape index (κ2) is 5.47. The number of fused-ring (bicyclic) bond motifs is 1. The van der Waals surface area contributed by atoms with Gasteiger partial charge in [-0.2, -0.15) is 0 Å². The molecule has 0 aliphatic rings. The van der Waals surface area contributed by atoms with Crippen molar-refractivity contribution in [3.8, 4) is 0 Å². The highest BCUT2D eigenvalue weighted by Gasteiger charge is 2.20. The predicted octanol–water partition coefficient (Wildman–Crippen LogP) is 3.16. The maximum atomic E-state index is 6.28. The van der Waals surface area contributed by atoms with E-state index >= 15 is 0 Å². The van der Waals surface area contributed by atoms with Crippen molar-refractivity contribution in [3.63, 3.8) is 0 Å². The molecule has 2 aromatic heterocycles. The summed E-state index contributed by atoms with van der Waals surface area (Å²) in [4.78, 5) is 11.4. The normalized spacial score (nSPS) is 15.1. The van der Waals surface area contributed by atoms with E-state index in [-0.39, 0.29) is 11.4 Å². The minimum atomic E-state index is -0.126. The number of nitrogens with zero attached hydrogens (tertiary/aromatic N) is 4. The summed E-state index contributed by atoms with van der Waals surface area (Å²) in [6, 6.07) is 4.28. The van der Waals surface area contributed by atoms with Gasteiger partial charge < -0.3 is 9.47 Å². The third kappa shape index (κ3) is 2.90. The summed E-state index contributed by atoms with van der Waals surface area (Å²) in [5.41, 5.74) is 2.84. The van der Waals surface area contributed by atoms with E-state index in [0.29, 0.717) is 0 Å². The minimum Gasteiger partial charge on any atom is -0.307 e. The van der Waals surface area contributed by atoms with Gasteiger partial charge in [0.2, 0.25) is 0 Å². The molecule has 2 heterocycles. The summed E-state index contributed by atoms with van der Waals surface area (Å²) in [7, 11) is 4.14. The number of imidazole rings is 1. The van der Waals surface area contributed by atoms with E-state index in [1.165, 1.54) is 0 Å². The van der Waals surface area contributed by atoms with Gasteiger partial charge in [0, 0.05) is 18.3 Å². The summed E-state index contributed by atoms with van der Waals surface area (Å²) in [6.45, 7) is 7.05.